The summed E-state index contributed by atoms with van der Waals surface area (Å²) in [6, 6.07) is 7.73. The lowest BCUT2D eigenvalue weighted by Crippen LogP contribution is -2.18. The Hall–Kier alpha value is -1.32. The van der Waals surface area contributed by atoms with Crippen LogP contribution in [-0.2, 0) is 6.54 Å². The molecule has 18 heavy (non-hydrogen) atoms. The Bertz CT molecular complexity index is 547. The van der Waals surface area contributed by atoms with Crippen LogP contribution in [0, 0.1) is 0 Å². The number of aromatic nitrogens is 2. The summed E-state index contributed by atoms with van der Waals surface area (Å²) in [6.07, 6.45) is 4.03. The minimum Gasteiger partial charge on any atom is -0.396 e. The van der Waals surface area contributed by atoms with Crippen molar-refractivity contribution in [1.29, 1.82) is 0 Å². The summed E-state index contributed by atoms with van der Waals surface area (Å²) in [4.78, 5) is 4.50. The highest BCUT2D eigenvalue weighted by atomic mass is 35.5. The molecular weight excluding hydrogens is 248 g/mol. The normalized spacial score (nSPS) is 18.7. The minimum absolute atomic E-state index is 0.200. The number of imidazole rings is 1. The van der Waals surface area contributed by atoms with E-state index in [2.05, 4.69) is 9.55 Å². The molecule has 1 aromatic heterocycles. The van der Waals surface area contributed by atoms with E-state index in [0.717, 1.165) is 41.5 Å². The summed E-state index contributed by atoms with van der Waals surface area (Å²) >= 11 is 5.90. The third-order valence-corrected chi connectivity index (χ3v) is 3.81. The third-order valence-electron chi connectivity index (χ3n) is 3.56. The molecule has 2 heterocycles. The van der Waals surface area contributed by atoms with E-state index < -0.39 is 0 Å². The van der Waals surface area contributed by atoms with Crippen LogP contribution in [0.3, 0.4) is 0 Å². The van der Waals surface area contributed by atoms with Crippen LogP contribution in [0.4, 0.5) is 0 Å². The average molecular weight is 263 g/mol. The Morgan fingerprint density at radius 2 is 2.11 bits per heavy atom. The van der Waals surface area contributed by atoms with Crippen molar-refractivity contribution in [3.63, 3.8) is 0 Å². The van der Waals surface area contributed by atoms with E-state index in [-0.39, 0.29) is 12.5 Å². The number of hydrogen-bond acceptors (Lipinski definition) is 2. The summed E-state index contributed by atoms with van der Waals surface area (Å²) in [5.74, 6) is 1.20. The van der Waals surface area contributed by atoms with Crippen LogP contribution in [-0.4, -0.2) is 21.3 Å². The van der Waals surface area contributed by atoms with E-state index in [1.807, 2.05) is 30.5 Å². The fourth-order valence-corrected chi connectivity index (χ4v) is 2.73. The van der Waals surface area contributed by atoms with E-state index >= 15 is 0 Å². The van der Waals surface area contributed by atoms with E-state index in [1.165, 1.54) is 0 Å². The molecule has 0 saturated carbocycles. The first kappa shape index (κ1) is 11.8. The summed E-state index contributed by atoms with van der Waals surface area (Å²) < 4.78 is 2.22. The molecule has 94 valence electrons. The van der Waals surface area contributed by atoms with Gasteiger partial charge in [0.05, 0.1) is 6.61 Å². The molecule has 4 heteroatoms. The first-order valence-electron chi connectivity index (χ1n) is 6.22. The molecule has 3 rings (SSSR count). The lowest BCUT2D eigenvalue weighted by molar-refractivity contribution is 0.241. The largest absolute Gasteiger partial charge is 0.396 e. The highest BCUT2D eigenvalue weighted by Crippen LogP contribution is 2.31. The predicted molar refractivity (Wildman–Crippen MR) is 71.7 cm³/mol. The Morgan fingerprint density at radius 3 is 2.83 bits per heavy atom. The highest BCUT2D eigenvalue weighted by Gasteiger charge is 2.23. The number of benzene rings is 1. The van der Waals surface area contributed by atoms with Crippen LogP contribution in [0.15, 0.2) is 30.5 Å². The van der Waals surface area contributed by atoms with Crippen molar-refractivity contribution in [3.05, 3.63) is 41.2 Å². The SMILES string of the molecule is OCC1CCCn2c1cnc2-c1ccc(Cl)cc1. The molecule has 0 amide bonds. The van der Waals surface area contributed by atoms with Gasteiger partial charge in [-0.1, -0.05) is 11.6 Å². The van der Waals surface area contributed by atoms with Crippen LogP contribution >= 0.6 is 11.6 Å². The fourth-order valence-electron chi connectivity index (χ4n) is 2.61. The Balaban J connectivity index is 2.04. The quantitative estimate of drug-likeness (QED) is 0.903. The van der Waals surface area contributed by atoms with Gasteiger partial charge < -0.3 is 9.67 Å². The molecule has 0 bridgehead atoms. The minimum atomic E-state index is 0.200. The number of hydrogen-bond donors (Lipinski definition) is 1. The number of fused-ring (bicyclic) bond motifs is 1. The van der Waals surface area contributed by atoms with Gasteiger partial charge in [-0.25, -0.2) is 4.98 Å². The molecule has 1 aromatic carbocycles. The first-order chi connectivity index (χ1) is 8.79. The second-order valence-electron chi connectivity index (χ2n) is 4.69. The smallest absolute Gasteiger partial charge is 0.140 e. The zero-order valence-electron chi connectivity index (χ0n) is 10.0. The molecule has 1 atom stereocenters. The van der Waals surface area contributed by atoms with Gasteiger partial charge in [-0.05, 0) is 37.1 Å². The van der Waals surface area contributed by atoms with Crippen LogP contribution < -0.4 is 0 Å². The molecule has 1 aliphatic heterocycles. The standard InChI is InChI=1S/C14H15ClN2O/c15-12-5-3-10(4-6-12)14-16-8-13-11(9-18)2-1-7-17(13)14/h3-6,8,11,18H,1-2,7,9H2. The Morgan fingerprint density at radius 1 is 1.33 bits per heavy atom. The van der Waals surface area contributed by atoms with Gasteiger partial charge >= 0.3 is 0 Å². The number of aliphatic hydroxyl groups excluding tert-OH is 1. The monoisotopic (exact) mass is 262 g/mol. The topological polar surface area (TPSA) is 38.0 Å². The lowest BCUT2D eigenvalue weighted by atomic mass is 9.97. The van der Waals surface area contributed by atoms with Crippen molar-refractivity contribution >= 4 is 11.6 Å². The van der Waals surface area contributed by atoms with Gasteiger partial charge in [0.15, 0.2) is 0 Å². The van der Waals surface area contributed by atoms with Crippen molar-refractivity contribution < 1.29 is 5.11 Å². The zero-order chi connectivity index (χ0) is 12.5. The maximum Gasteiger partial charge on any atom is 0.140 e. The van der Waals surface area contributed by atoms with E-state index in [4.69, 9.17) is 11.6 Å². The molecular formula is C14H15ClN2O. The van der Waals surface area contributed by atoms with E-state index in [9.17, 15) is 5.11 Å². The number of halogens is 1. The van der Waals surface area contributed by atoms with Gasteiger partial charge in [0.1, 0.15) is 5.82 Å². The van der Waals surface area contributed by atoms with Crippen molar-refractivity contribution in [2.24, 2.45) is 0 Å². The molecule has 0 spiro atoms. The number of rotatable bonds is 2. The maximum atomic E-state index is 9.40. The summed E-state index contributed by atoms with van der Waals surface area (Å²) in [7, 11) is 0. The second-order valence-corrected chi connectivity index (χ2v) is 5.12. The first-order valence-corrected chi connectivity index (χ1v) is 6.59. The summed E-state index contributed by atoms with van der Waals surface area (Å²) in [5, 5.41) is 10.1. The van der Waals surface area contributed by atoms with Crippen molar-refractivity contribution in [1.82, 2.24) is 9.55 Å². The predicted octanol–water partition coefficient (Wildman–Crippen LogP) is 3.07. The Kier molecular flexibility index (Phi) is 3.10. The van der Waals surface area contributed by atoms with Gasteiger partial charge in [-0.3, -0.25) is 0 Å². The van der Waals surface area contributed by atoms with Crippen LogP contribution in [0.1, 0.15) is 24.5 Å². The van der Waals surface area contributed by atoms with Crippen molar-refractivity contribution in [3.8, 4) is 11.4 Å². The molecule has 0 aliphatic carbocycles. The number of aliphatic hydroxyl groups is 1. The van der Waals surface area contributed by atoms with Gasteiger partial charge in [0.25, 0.3) is 0 Å². The molecule has 0 fully saturated rings. The maximum absolute atomic E-state index is 9.40. The third kappa shape index (κ3) is 1.93. The molecule has 0 saturated heterocycles. The molecule has 0 radical (unpaired) electrons. The van der Waals surface area contributed by atoms with E-state index in [0.29, 0.717) is 0 Å². The highest BCUT2D eigenvalue weighted by molar-refractivity contribution is 6.30. The molecule has 1 N–H and O–H groups in total. The van der Waals surface area contributed by atoms with Gasteiger partial charge in [0, 0.05) is 34.9 Å². The second kappa shape index (κ2) is 4.75. The van der Waals surface area contributed by atoms with Gasteiger partial charge in [-0.15, -0.1) is 0 Å². The van der Waals surface area contributed by atoms with E-state index in [1.54, 1.807) is 0 Å². The molecule has 1 aliphatic rings. The lowest BCUT2D eigenvalue weighted by Gasteiger charge is -2.23. The molecule has 3 nitrogen and oxygen atoms in total. The average Bonchev–Trinajstić information content (AvgIpc) is 2.83. The van der Waals surface area contributed by atoms with Crippen LogP contribution in [0.25, 0.3) is 11.4 Å². The van der Waals surface area contributed by atoms with Crippen LogP contribution in [0.2, 0.25) is 5.02 Å². The Labute approximate surface area is 111 Å². The zero-order valence-corrected chi connectivity index (χ0v) is 10.8. The summed E-state index contributed by atoms with van der Waals surface area (Å²) in [6.45, 7) is 1.18. The van der Waals surface area contributed by atoms with Crippen LogP contribution in [0.5, 0.6) is 0 Å². The molecule has 1 unspecified atom stereocenters. The van der Waals surface area contributed by atoms with Gasteiger partial charge in [0.2, 0.25) is 0 Å². The van der Waals surface area contributed by atoms with Gasteiger partial charge in [-0.2, -0.15) is 0 Å². The fraction of sp³-hybridized carbons (Fsp3) is 0.357. The summed E-state index contributed by atoms with van der Waals surface area (Å²) in [5.41, 5.74) is 2.22. The molecule has 2 aromatic rings. The van der Waals surface area contributed by atoms with Crippen molar-refractivity contribution in [2.45, 2.75) is 25.3 Å². The van der Waals surface area contributed by atoms with Crippen molar-refractivity contribution in [2.75, 3.05) is 6.61 Å². The number of nitrogens with zero attached hydrogens (tertiary/aromatic N) is 2.